The Balaban J connectivity index is 1.37. The van der Waals surface area contributed by atoms with Crippen molar-refractivity contribution >= 4 is 65.6 Å². The van der Waals surface area contributed by atoms with E-state index in [1.807, 2.05) is 30.3 Å². The Morgan fingerprint density at radius 3 is 2.29 bits per heavy atom. The lowest BCUT2D eigenvalue weighted by Crippen LogP contribution is -1.94. The van der Waals surface area contributed by atoms with Crippen LogP contribution in [0.5, 0.6) is 0 Å². The molecule has 0 spiro atoms. The molecule has 0 bridgehead atoms. The van der Waals surface area contributed by atoms with Crippen molar-refractivity contribution in [1.29, 1.82) is 5.26 Å². The molecule has 42 heavy (non-hydrogen) atoms. The maximum atomic E-state index is 9.69. The van der Waals surface area contributed by atoms with Gasteiger partial charge in [-0.2, -0.15) is 5.26 Å². The fourth-order valence-corrected chi connectivity index (χ4v) is 6.38. The molecular weight excluding hydrogens is 516 g/mol. The van der Waals surface area contributed by atoms with E-state index in [1.54, 1.807) is 6.20 Å². The van der Waals surface area contributed by atoms with Gasteiger partial charge in [0.05, 0.1) is 28.3 Å². The summed E-state index contributed by atoms with van der Waals surface area (Å²) < 4.78 is 8.50. The van der Waals surface area contributed by atoms with Crippen molar-refractivity contribution in [3.05, 3.63) is 127 Å². The number of nitrogens with zero attached hydrogens (tertiary/aromatic N) is 4. The van der Waals surface area contributed by atoms with Crippen LogP contribution >= 0.6 is 0 Å². The minimum Gasteiger partial charge on any atom is -0.456 e. The van der Waals surface area contributed by atoms with Crippen LogP contribution in [0.1, 0.15) is 5.69 Å². The highest BCUT2D eigenvalue weighted by Gasteiger charge is 2.18. The summed E-state index contributed by atoms with van der Waals surface area (Å²) >= 11 is 0. The van der Waals surface area contributed by atoms with Gasteiger partial charge in [0.1, 0.15) is 17.2 Å². The normalized spacial score (nSPS) is 11.8. The molecule has 0 radical (unpaired) electrons. The van der Waals surface area contributed by atoms with Crippen LogP contribution in [-0.2, 0) is 0 Å². The van der Waals surface area contributed by atoms with Crippen molar-refractivity contribution in [1.82, 2.24) is 14.5 Å². The first-order valence-electron chi connectivity index (χ1n) is 13.8. The van der Waals surface area contributed by atoms with E-state index in [0.29, 0.717) is 5.52 Å². The Bertz CT molecular complexity index is 2590. The van der Waals surface area contributed by atoms with Crippen molar-refractivity contribution < 1.29 is 4.42 Å². The van der Waals surface area contributed by atoms with E-state index in [4.69, 9.17) is 14.4 Å². The van der Waals surface area contributed by atoms with Crippen molar-refractivity contribution in [2.75, 3.05) is 0 Å². The van der Waals surface area contributed by atoms with Gasteiger partial charge in [0.25, 0.3) is 0 Å². The Labute approximate surface area is 239 Å². The second-order valence-electron chi connectivity index (χ2n) is 10.6. The number of hydrogen-bond acceptors (Lipinski definition) is 4. The van der Waals surface area contributed by atoms with E-state index >= 15 is 0 Å². The maximum absolute atomic E-state index is 9.69. The third-order valence-electron chi connectivity index (χ3n) is 8.24. The first-order chi connectivity index (χ1) is 20.8. The molecule has 0 fully saturated rings. The number of nitriles is 1. The van der Waals surface area contributed by atoms with Gasteiger partial charge in [-0.1, -0.05) is 60.7 Å². The molecule has 9 rings (SSSR count). The highest BCUT2D eigenvalue weighted by molar-refractivity contribution is 6.18. The zero-order valence-corrected chi connectivity index (χ0v) is 22.2. The Morgan fingerprint density at radius 2 is 1.40 bits per heavy atom. The Morgan fingerprint density at radius 1 is 0.619 bits per heavy atom. The minimum absolute atomic E-state index is 0.287. The van der Waals surface area contributed by atoms with Gasteiger partial charge in [-0.25, -0.2) is 4.98 Å². The number of furan rings is 1. The quantitative estimate of drug-likeness (QED) is 0.206. The first kappa shape index (κ1) is 22.8. The molecule has 9 aromatic rings. The lowest BCUT2D eigenvalue weighted by atomic mass is 9.96. The summed E-state index contributed by atoms with van der Waals surface area (Å²) in [4.78, 5) is 9.53. The van der Waals surface area contributed by atoms with Crippen LogP contribution in [0.4, 0.5) is 0 Å². The van der Waals surface area contributed by atoms with Crippen molar-refractivity contribution in [3.63, 3.8) is 0 Å². The molecule has 0 amide bonds. The van der Waals surface area contributed by atoms with Gasteiger partial charge in [-0.3, -0.25) is 4.98 Å². The van der Waals surface area contributed by atoms with Gasteiger partial charge < -0.3 is 8.98 Å². The van der Waals surface area contributed by atoms with Gasteiger partial charge >= 0.3 is 0 Å². The zero-order valence-electron chi connectivity index (χ0n) is 22.2. The highest BCUT2D eigenvalue weighted by atomic mass is 16.3. The van der Waals surface area contributed by atoms with E-state index in [-0.39, 0.29) is 5.69 Å². The SMILES string of the molecule is N#Cc1cnc2c(n1)c(-c1ccc3c(c1)c1ccccc1n3-c1ccccc1)cc1cc3c(cc12)oc1ccccc13. The number of hydrogen-bond donors (Lipinski definition) is 0. The molecule has 0 unspecified atom stereocenters. The summed E-state index contributed by atoms with van der Waals surface area (Å²) in [6, 6.07) is 42.2. The van der Waals surface area contributed by atoms with Crippen molar-refractivity contribution in [2.24, 2.45) is 0 Å². The second-order valence-corrected chi connectivity index (χ2v) is 10.6. The molecule has 0 aliphatic carbocycles. The number of para-hydroxylation sites is 3. The monoisotopic (exact) mass is 536 g/mol. The average molecular weight is 537 g/mol. The molecule has 6 aromatic carbocycles. The number of rotatable bonds is 2. The lowest BCUT2D eigenvalue weighted by molar-refractivity contribution is 0.669. The predicted molar refractivity (Wildman–Crippen MR) is 169 cm³/mol. The molecule has 0 aliphatic rings. The first-order valence-corrected chi connectivity index (χ1v) is 13.8. The minimum atomic E-state index is 0.287. The summed E-state index contributed by atoms with van der Waals surface area (Å²) in [6.07, 6.45) is 1.55. The van der Waals surface area contributed by atoms with Gasteiger partial charge in [-0.15, -0.1) is 0 Å². The highest BCUT2D eigenvalue weighted by Crippen LogP contribution is 2.40. The molecule has 0 aliphatic heterocycles. The molecular formula is C37H20N4O. The second kappa shape index (κ2) is 8.50. The molecule has 5 heteroatoms. The summed E-state index contributed by atoms with van der Waals surface area (Å²) in [5.74, 6) is 0. The van der Waals surface area contributed by atoms with E-state index in [1.165, 1.54) is 5.39 Å². The van der Waals surface area contributed by atoms with Crippen molar-refractivity contribution in [2.45, 2.75) is 0 Å². The predicted octanol–water partition coefficient (Wildman–Crippen LogP) is 9.32. The van der Waals surface area contributed by atoms with Crippen LogP contribution in [-0.4, -0.2) is 14.5 Å². The van der Waals surface area contributed by atoms with Crippen LogP contribution in [0.2, 0.25) is 0 Å². The number of benzene rings is 6. The summed E-state index contributed by atoms with van der Waals surface area (Å²) in [5, 5.41) is 16.2. The molecule has 0 atom stereocenters. The van der Waals surface area contributed by atoms with Gasteiger partial charge in [0.15, 0.2) is 5.69 Å². The summed E-state index contributed by atoms with van der Waals surface area (Å²) in [5.41, 5.74) is 8.75. The molecule has 3 heterocycles. The van der Waals surface area contributed by atoms with E-state index in [9.17, 15) is 5.26 Å². The lowest BCUT2D eigenvalue weighted by Gasteiger charge is -2.11. The topological polar surface area (TPSA) is 67.6 Å². The standard InChI is InChI=1S/C37H20N4O/c38-20-24-21-39-36-29-19-35-31(27-11-5-7-13-34(27)42-35)18-23(29)17-28(37(36)40-24)22-14-15-33-30(16-22)26-10-4-6-12-32(26)41(33)25-8-2-1-3-9-25/h1-19,21H. The van der Waals surface area contributed by atoms with Gasteiger partial charge in [0, 0.05) is 38.2 Å². The van der Waals surface area contributed by atoms with E-state index < -0.39 is 0 Å². The molecule has 0 saturated heterocycles. The summed E-state index contributed by atoms with van der Waals surface area (Å²) in [6.45, 7) is 0. The van der Waals surface area contributed by atoms with Crippen LogP contribution in [0, 0.1) is 11.3 Å². The van der Waals surface area contributed by atoms with Gasteiger partial charge in [0.2, 0.25) is 0 Å². The largest absolute Gasteiger partial charge is 0.456 e. The van der Waals surface area contributed by atoms with Crippen LogP contribution < -0.4 is 0 Å². The Kier molecular flexibility index (Phi) is 4.61. The molecule has 194 valence electrons. The van der Waals surface area contributed by atoms with Gasteiger partial charge in [-0.05, 0) is 65.5 Å². The summed E-state index contributed by atoms with van der Waals surface area (Å²) in [7, 11) is 0. The molecule has 5 nitrogen and oxygen atoms in total. The molecule has 3 aromatic heterocycles. The molecule has 0 N–H and O–H groups in total. The van der Waals surface area contributed by atoms with E-state index in [0.717, 1.165) is 71.5 Å². The number of fused-ring (bicyclic) bond motifs is 9. The maximum Gasteiger partial charge on any atom is 0.159 e. The van der Waals surface area contributed by atoms with Crippen molar-refractivity contribution in [3.8, 4) is 22.9 Å². The third-order valence-corrected chi connectivity index (χ3v) is 8.24. The van der Waals surface area contributed by atoms with Crippen LogP contribution in [0.25, 0.3) is 82.4 Å². The smallest absolute Gasteiger partial charge is 0.159 e. The van der Waals surface area contributed by atoms with E-state index in [2.05, 4.69) is 95.6 Å². The third kappa shape index (κ3) is 3.18. The zero-order chi connectivity index (χ0) is 27.8. The van der Waals surface area contributed by atoms with Crippen LogP contribution in [0.15, 0.2) is 126 Å². The molecule has 0 saturated carbocycles. The van der Waals surface area contributed by atoms with Crippen LogP contribution in [0.3, 0.4) is 0 Å². The average Bonchev–Trinajstić information content (AvgIpc) is 3.58. The Hall–Kier alpha value is -5.99. The fourth-order valence-electron chi connectivity index (χ4n) is 6.38. The fraction of sp³-hybridized carbons (Fsp3) is 0. The number of aromatic nitrogens is 3.